The third-order valence-corrected chi connectivity index (χ3v) is 5.47. The molecule has 1 aliphatic rings. The van der Waals surface area contributed by atoms with Crippen molar-refractivity contribution in [1.29, 1.82) is 0 Å². The fourth-order valence-electron chi connectivity index (χ4n) is 3.33. The first-order valence-electron chi connectivity index (χ1n) is 8.45. The van der Waals surface area contributed by atoms with E-state index in [9.17, 15) is 0 Å². The first-order valence-corrected chi connectivity index (χ1v) is 9.03. The van der Waals surface area contributed by atoms with E-state index in [2.05, 4.69) is 93.4 Å². The Kier molecular flexibility index (Phi) is 4.10. The van der Waals surface area contributed by atoms with Crippen molar-refractivity contribution in [2.45, 2.75) is 45.6 Å². The zero-order valence-corrected chi connectivity index (χ0v) is 15.8. The molecule has 0 aliphatic heterocycles. The van der Waals surface area contributed by atoms with Crippen LogP contribution in [0.1, 0.15) is 56.9 Å². The average Bonchev–Trinajstić information content (AvgIpc) is 2.84. The van der Waals surface area contributed by atoms with Crippen LogP contribution in [-0.4, -0.2) is 10.2 Å². The summed E-state index contributed by atoms with van der Waals surface area (Å²) in [6, 6.07) is 15.7. The second-order valence-corrected chi connectivity index (χ2v) is 8.45. The Morgan fingerprint density at radius 2 is 1.61 bits per heavy atom. The molecule has 1 atom stereocenters. The lowest BCUT2D eigenvalue weighted by atomic mass is 9.86. The molecule has 2 aromatic rings. The van der Waals surface area contributed by atoms with Crippen molar-refractivity contribution in [3.63, 3.8) is 0 Å². The minimum atomic E-state index is 0.197. The van der Waals surface area contributed by atoms with Gasteiger partial charge in [-0.3, -0.25) is 0 Å². The third-order valence-electron chi connectivity index (χ3n) is 4.82. The molecule has 0 saturated heterocycles. The number of benzene rings is 2. The van der Waals surface area contributed by atoms with Crippen molar-refractivity contribution in [2.24, 2.45) is 5.92 Å². The number of rotatable bonds is 2. The van der Waals surface area contributed by atoms with Crippen LogP contribution in [0.4, 0.5) is 0 Å². The van der Waals surface area contributed by atoms with Crippen molar-refractivity contribution < 1.29 is 0 Å². The summed E-state index contributed by atoms with van der Waals surface area (Å²) in [5.41, 5.74) is 8.79. The predicted molar refractivity (Wildman–Crippen MR) is 102 cm³/mol. The summed E-state index contributed by atoms with van der Waals surface area (Å²) in [6.45, 7) is 11.3. The maximum atomic E-state index is 3.94. The van der Waals surface area contributed by atoms with Gasteiger partial charge in [-0.1, -0.05) is 88.7 Å². The van der Waals surface area contributed by atoms with E-state index in [4.69, 9.17) is 0 Å². The zero-order valence-electron chi connectivity index (χ0n) is 14.8. The number of hydrogen-bond acceptors (Lipinski definition) is 0. The van der Waals surface area contributed by atoms with Gasteiger partial charge in [0.05, 0.1) is 0 Å². The standard InChI is InChI=1S/C22H25Si/c1-14(2)19-13-20-17(7-6-8-18(20)21(19)23)15-9-11-16(12-10-15)22(3,4)5/h6-14,21H,1-5H3. The topological polar surface area (TPSA) is 0 Å². The van der Waals surface area contributed by atoms with Crippen LogP contribution < -0.4 is 0 Å². The van der Waals surface area contributed by atoms with Crippen LogP contribution in [0.5, 0.6) is 0 Å². The molecule has 1 unspecified atom stereocenters. The first-order chi connectivity index (χ1) is 10.8. The smallest absolute Gasteiger partial charge is 0.0392 e. The van der Waals surface area contributed by atoms with Gasteiger partial charge in [-0.05, 0) is 44.7 Å². The molecule has 3 radical (unpaired) electrons. The van der Waals surface area contributed by atoms with Crippen LogP contribution in [0.25, 0.3) is 17.2 Å². The van der Waals surface area contributed by atoms with Crippen LogP contribution in [0, 0.1) is 5.92 Å². The van der Waals surface area contributed by atoms with Gasteiger partial charge in [0.15, 0.2) is 0 Å². The van der Waals surface area contributed by atoms with Crippen molar-refractivity contribution in [3.8, 4) is 11.1 Å². The number of allylic oxidation sites excluding steroid dienone is 1. The highest BCUT2D eigenvalue weighted by Crippen LogP contribution is 2.42. The number of hydrogen-bond donors (Lipinski definition) is 0. The Labute approximate surface area is 144 Å². The van der Waals surface area contributed by atoms with E-state index in [0.717, 1.165) is 0 Å². The average molecular weight is 318 g/mol. The van der Waals surface area contributed by atoms with Crippen LogP contribution >= 0.6 is 0 Å². The van der Waals surface area contributed by atoms with Gasteiger partial charge in [0.1, 0.15) is 0 Å². The maximum absolute atomic E-state index is 3.94. The highest BCUT2D eigenvalue weighted by atomic mass is 28.1. The van der Waals surface area contributed by atoms with E-state index in [0.29, 0.717) is 11.5 Å². The van der Waals surface area contributed by atoms with Gasteiger partial charge in [0.25, 0.3) is 0 Å². The fraction of sp³-hybridized carbons (Fsp3) is 0.364. The second-order valence-electron chi connectivity index (χ2n) is 7.87. The number of fused-ring (bicyclic) bond motifs is 1. The molecule has 2 aromatic carbocycles. The molecule has 0 aromatic heterocycles. The summed E-state index contributed by atoms with van der Waals surface area (Å²) in [6.07, 6.45) is 2.38. The first kappa shape index (κ1) is 16.3. The molecule has 23 heavy (non-hydrogen) atoms. The summed E-state index contributed by atoms with van der Waals surface area (Å²) in [7, 11) is 3.94. The lowest BCUT2D eigenvalue weighted by Gasteiger charge is -2.19. The van der Waals surface area contributed by atoms with Gasteiger partial charge in [0, 0.05) is 10.2 Å². The van der Waals surface area contributed by atoms with Crippen molar-refractivity contribution in [1.82, 2.24) is 0 Å². The Morgan fingerprint density at radius 1 is 0.957 bits per heavy atom. The normalized spacial score (nSPS) is 17.3. The highest BCUT2D eigenvalue weighted by molar-refractivity contribution is 6.16. The molecule has 0 spiro atoms. The van der Waals surface area contributed by atoms with Crippen molar-refractivity contribution in [3.05, 3.63) is 64.7 Å². The molecule has 1 heteroatoms. The Morgan fingerprint density at radius 3 is 2.17 bits per heavy atom. The second kappa shape index (κ2) is 5.79. The van der Waals surface area contributed by atoms with Gasteiger partial charge in [-0.2, -0.15) is 0 Å². The SMILES string of the molecule is CC(C)C1=Cc2c(-c3ccc(C(C)(C)C)cc3)cccc2C1[Si]. The van der Waals surface area contributed by atoms with Gasteiger partial charge < -0.3 is 0 Å². The Balaban J connectivity index is 2.07. The minimum Gasteiger partial charge on any atom is -0.0631 e. The molecule has 1 aliphatic carbocycles. The maximum Gasteiger partial charge on any atom is 0.0392 e. The minimum absolute atomic E-state index is 0.197. The summed E-state index contributed by atoms with van der Waals surface area (Å²) >= 11 is 0. The Bertz CT molecular complexity index is 743. The van der Waals surface area contributed by atoms with E-state index in [1.165, 1.54) is 33.4 Å². The lowest BCUT2D eigenvalue weighted by molar-refractivity contribution is 0.590. The van der Waals surface area contributed by atoms with Gasteiger partial charge in [0.2, 0.25) is 0 Å². The monoisotopic (exact) mass is 317 g/mol. The van der Waals surface area contributed by atoms with E-state index in [-0.39, 0.29) is 5.41 Å². The molecule has 0 saturated carbocycles. The molecular weight excluding hydrogens is 292 g/mol. The summed E-state index contributed by atoms with van der Waals surface area (Å²) in [5.74, 6) is 0.556. The quantitative estimate of drug-likeness (QED) is 0.604. The molecule has 117 valence electrons. The van der Waals surface area contributed by atoms with E-state index in [1.807, 2.05) is 0 Å². The zero-order chi connectivity index (χ0) is 16.8. The fourth-order valence-corrected chi connectivity index (χ4v) is 4.00. The third kappa shape index (κ3) is 2.95. The van der Waals surface area contributed by atoms with Gasteiger partial charge >= 0.3 is 0 Å². The van der Waals surface area contributed by atoms with Crippen LogP contribution in [0.3, 0.4) is 0 Å². The van der Waals surface area contributed by atoms with Crippen LogP contribution in [0.15, 0.2) is 48.0 Å². The van der Waals surface area contributed by atoms with Crippen LogP contribution in [-0.2, 0) is 5.41 Å². The molecule has 0 heterocycles. The van der Waals surface area contributed by atoms with Crippen molar-refractivity contribution in [2.75, 3.05) is 0 Å². The van der Waals surface area contributed by atoms with Crippen LogP contribution in [0.2, 0.25) is 0 Å². The molecule has 0 nitrogen and oxygen atoms in total. The predicted octanol–water partition coefficient (Wildman–Crippen LogP) is 5.91. The van der Waals surface area contributed by atoms with E-state index in [1.54, 1.807) is 0 Å². The van der Waals surface area contributed by atoms with E-state index < -0.39 is 0 Å². The molecule has 3 rings (SSSR count). The van der Waals surface area contributed by atoms with Gasteiger partial charge in [-0.25, -0.2) is 0 Å². The summed E-state index contributed by atoms with van der Waals surface area (Å²) < 4.78 is 0. The summed E-state index contributed by atoms with van der Waals surface area (Å²) in [4.78, 5) is 0. The van der Waals surface area contributed by atoms with Gasteiger partial charge in [-0.15, -0.1) is 0 Å². The molecule has 0 amide bonds. The largest absolute Gasteiger partial charge is 0.0631 e. The molecule has 0 fully saturated rings. The molecule has 0 bridgehead atoms. The molecule has 0 N–H and O–H groups in total. The van der Waals surface area contributed by atoms with E-state index >= 15 is 0 Å². The van der Waals surface area contributed by atoms with Crippen molar-refractivity contribution >= 4 is 16.3 Å². The lowest BCUT2D eigenvalue weighted by Crippen LogP contribution is -2.10. The molecular formula is C22H25Si. The Hall–Kier alpha value is -1.60. The summed E-state index contributed by atoms with van der Waals surface area (Å²) in [5, 5.41) is 0. The highest BCUT2D eigenvalue weighted by Gasteiger charge is 2.25.